The van der Waals surface area contributed by atoms with Crippen LogP contribution in [0.3, 0.4) is 0 Å². The van der Waals surface area contributed by atoms with E-state index < -0.39 is 10.0 Å². The van der Waals surface area contributed by atoms with Gasteiger partial charge in [0.15, 0.2) is 0 Å². The first-order valence-electron chi connectivity index (χ1n) is 8.50. The zero-order valence-corrected chi connectivity index (χ0v) is 13.9. The number of piperidine rings is 1. The van der Waals surface area contributed by atoms with Crippen molar-refractivity contribution in [3.8, 4) is 0 Å². The molecule has 1 aliphatic heterocycles. The van der Waals surface area contributed by atoms with Crippen LogP contribution in [0.1, 0.15) is 51.4 Å². The molecule has 126 valence electrons. The highest BCUT2D eigenvalue weighted by atomic mass is 32.2. The minimum atomic E-state index is -3.06. The zero-order chi connectivity index (χ0) is 15.7. The van der Waals surface area contributed by atoms with Gasteiger partial charge in [0.05, 0.1) is 5.25 Å². The molecule has 1 heterocycles. The number of sulfonamides is 1. The number of hydrogen-bond donors (Lipinski definition) is 2. The van der Waals surface area contributed by atoms with Gasteiger partial charge in [-0.15, -0.1) is 0 Å². The standard InChI is InChI=1S/C15H27N3O3S/c16-14-3-1-2-11(14)10-15(19)17-12-6-8-18(9-7-12)22(20,21)13-4-5-13/h11-14H,1-10,16H2,(H,17,19)/t11-,14+/m0/s1. The van der Waals surface area contributed by atoms with Crippen molar-refractivity contribution in [3.63, 3.8) is 0 Å². The second-order valence-electron chi connectivity index (χ2n) is 7.04. The van der Waals surface area contributed by atoms with Gasteiger partial charge in [-0.05, 0) is 44.4 Å². The Hall–Kier alpha value is -0.660. The van der Waals surface area contributed by atoms with E-state index in [0.717, 1.165) is 32.1 Å². The van der Waals surface area contributed by atoms with Crippen LogP contribution in [0, 0.1) is 5.92 Å². The maximum atomic E-state index is 12.2. The van der Waals surface area contributed by atoms with E-state index >= 15 is 0 Å². The molecule has 3 rings (SSSR count). The highest BCUT2D eigenvalue weighted by Crippen LogP contribution is 2.32. The first kappa shape index (κ1) is 16.2. The van der Waals surface area contributed by atoms with Crippen LogP contribution in [0.5, 0.6) is 0 Å². The lowest BCUT2D eigenvalue weighted by Crippen LogP contribution is -2.47. The lowest BCUT2D eigenvalue weighted by Gasteiger charge is -2.32. The fourth-order valence-corrected chi connectivity index (χ4v) is 5.55. The van der Waals surface area contributed by atoms with E-state index in [1.54, 1.807) is 4.31 Å². The Balaban J connectivity index is 1.42. The molecule has 3 N–H and O–H groups in total. The summed E-state index contributed by atoms with van der Waals surface area (Å²) in [5.74, 6) is 0.390. The van der Waals surface area contributed by atoms with E-state index in [-0.39, 0.29) is 23.2 Å². The number of nitrogens with one attached hydrogen (secondary N) is 1. The number of carbonyl (C=O) groups is 1. The lowest BCUT2D eigenvalue weighted by atomic mass is 9.99. The van der Waals surface area contributed by atoms with Crippen molar-refractivity contribution in [1.29, 1.82) is 0 Å². The summed E-state index contributed by atoms with van der Waals surface area (Å²) >= 11 is 0. The minimum Gasteiger partial charge on any atom is -0.353 e. The molecule has 0 bridgehead atoms. The van der Waals surface area contributed by atoms with Crippen LogP contribution in [0.15, 0.2) is 0 Å². The Bertz CT molecular complexity index is 510. The van der Waals surface area contributed by atoms with Crippen molar-refractivity contribution in [2.24, 2.45) is 11.7 Å². The third-order valence-electron chi connectivity index (χ3n) is 5.29. The van der Waals surface area contributed by atoms with Gasteiger partial charge in [-0.3, -0.25) is 4.79 Å². The number of nitrogens with zero attached hydrogens (tertiary/aromatic N) is 1. The maximum Gasteiger partial charge on any atom is 0.220 e. The number of carbonyl (C=O) groups excluding carboxylic acids is 1. The van der Waals surface area contributed by atoms with Crippen molar-refractivity contribution in [2.45, 2.75) is 68.7 Å². The van der Waals surface area contributed by atoms with Crippen LogP contribution in [0.2, 0.25) is 0 Å². The summed E-state index contributed by atoms with van der Waals surface area (Å²) in [7, 11) is -3.06. The number of nitrogens with two attached hydrogens (primary N) is 1. The molecule has 1 amide bonds. The Kier molecular flexibility index (Phi) is 4.75. The third-order valence-corrected chi connectivity index (χ3v) is 7.69. The van der Waals surface area contributed by atoms with Crippen LogP contribution in [0.25, 0.3) is 0 Å². The summed E-state index contributed by atoms with van der Waals surface area (Å²) in [5, 5.41) is 2.93. The molecule has 0 spiro atoms. The fourth-order valence-electron chi connectivity index (χ4n) is 3.68. The van der Waals surface area contributed by atoms with E-state index in [9.17, 15) is 13.2 Å². The highest BCUT2D eigenvalue weighted by Gasteiger charge is 2.41. The molecule has 22 heavy (non-hydrogen) atoms. The first-order valence-corrected chi connectivity index (χ1v) is 10.0. The SMILES string of the molecule is N[C@@H]1CCC[C@H]1CC(=O)NC1CCN(S(=O)(=O)C2CC2)CC1. The molecular formula is C15H27N3O3S. The van der Waals surface area contributed by atoms with Gasteiger partial charge in [-0.1, -0.05) is 6.42 Å². The molecule has 2 saturated carbocycles. The summed E-state index contributed by atoms with van der Waals surface area (Å²) in [6.07, 6.45) is 6.75. The van der Waals surface area contributed by atoms with Gasteiger partial charge in [-0.25, -0.2) is 12.7 Å². The largest absolute Gasteiger partial charge is 0.353 e. The number of hydrogen-bond acceptors (Lipinski definition) is 4. The van der Waals surface area contributed by atoms with Crippen molar-refractivity contribution in [1.82, 2.24) is 9.62 Å². The lowest BCUT2D eigenvalue weighted by molar-refractivity contribution is -0.123. The summed E-state index contributed by atoms with van der Waals surface area (Å²) in [6, 6.07) is 0.270. The molecule has 7 heteroatoms. The topological polar surface area (TPSA) is 92.5 Å². The summed E-state index contributed by atoms with van der Waals surface area (Å²) in [4.78, 5) is 12.1. The Morgan fingerprint density at radius 3 is 2.32 bits per heavy atom. The van der Waals surface area contributed by atoms with Gasteiger partial charge in [0.25, 0.3) is 0 Å². The molecule has 0 unspecified atom stereocenters. The Morgan fingerprint density at radius 1 is 1.09 bits per heavy atom. The van der Waals surface area contributed by atoms with Crippen LogP contribution in [-0.2, 0) is 14.8 Å². The van der Waals surface area contributed by atoms with Crippen LogP contribution < -0.4 is 11.1 Å². The fraction of sp³-hybridized carbons (Fsp3) is 0.933. The molecule has 0 aromatic heterocycles. The summed E-state index contributed by atoms with van der Waals surface area (Å²) < 4.78 is 25.9. The average molecular weight is 329 g/mol. The number of amides is 1. The predicted molar refractivity (Wildman–Crippen MR) is 84.6 cm³/mol. The van der Waals surface area contributed by atoms with E-state index in [1.165, 1.54) is 0 Å². The maximum absolute atomic E-state index is 12.2. The first-order chi connectivity index (χ1) is 10.5. The van der Waals surface area contributed by atoms with Gasteiger partial charge < -0.3 is 11.1 Å². The van der Waals surface area contributed by atoms with Gasteiger partial charge in [-0.2, -0.15) is 0 Å². The molecule has 6 nitrogen and oxygen atoms in total. The molecule has 3 aliphatic rings. The predicted octanol–water partition coefficient (Wildman–Crippen LogP) is 0.577. The van der Waals surface area contributed by atoms with E-state index in [1.807, 2.05) is 0 Å². The molecule has 0 radical (unpaired) electrons. The van der Waals surface area contributed by atoms with E-state index in [2.05, 4.69) is 5.32 Å². The minimum absolute atomic E-state index is 0.0749. The molecule has 2 atom stereocenters. The summed E-state index contributed by atoms with van der Waals surface area (Å²) in [6.45, 7) is 1.07. The van der Waals surface area contributed by atoms with E-state index in [4.69, 9.17) is 5.73 Å². The van der Waals surface area contributed by atoms with Crippen molar-refractivity contribution < 1.29 is 13.2 Å². The Morgan fingerprint density at radius 2 is 1.77 bits per heavy atom. The second-order valence-corrected chi connectivity index (χ2v) is 9.26. The normalized spacial score (nSPS) is 31.3. The Labute approximate surface area is 132 Å². The summed E-state index contributed by atoms with van der Waals surface area (Å²) in [5.41, 5.74) is 6.01. The van der Waals surface area contributed by atoms with Crippen LogP contribution in [-0.4, -0.2) is 49.1 Å². The average Bonchev–Trinajstić information content (AvgIpc) is 3.26. The van der Waals surface area contributed by atoms with E-state index in [0.29, 0.717) is 38.3 Å². The van der Waals surface area contributed by atoms with Gasteiger partial charge in [0.1, 0.15) is 0 Å². The third kappa shape index (κ3) is 3.63. The molecule has 3 fully saturated rings. The molecule has 0 aromatic rings. The highest BCUT2D eigenvalue weighted by molar-refractivity contribution is 7.90. The number of rotatable bonds is 5. The monoisotopic (exact) mass is 329 g/mol. The molecule has 1 saturated heterocycles. The van der Waals surface area contributed by atoms with Crippen molar-refractivity contribution in [2.75, 3.05) is 13.1 Å². The van der Waals surface area contributed by atoms with Gasteiger partial charge >= 0.3 is 0 Å². The smallest absolute Gasteiger partial charge is 0.220 e. The molecule has 0 aromatic carbocycles. The van der Waals surface area contributed by atoms with Gasteiger partial charge in [0, 0.05) is 31.6 Å². The second kappa shape index (κ2) is 6.45. The van der Waals surface area contributed by atoms with Gasteiger partial charge in [0.2, 0.25) is 15.9 Å². The van der Waals surface area contributed by atoms with Crippen LogP contribution >= 0.6 is 0 Å². The van der Waals surface area contributed by atoms with Crippen molar-refractivity contribution in [3.05, 3.63) is 0 Å². The van der Waals surface area contributed by atoms with Crippen LogP contribution in [0.4, 0.5) is 0 Å². The molecule has 2 aliphatic carbocycles. The quantitative estimate of drug-likeness (QED) is 0.771. The van der Waals surface area contributed by atoms with Crippen molar-refractivity contribution >= 4 is 15.9 Å². The zero-order valence-electron chi connectivity index (χ0n) is 13.0. The molecular weight excluding hydrogens is 302 g/mol.